The summed E-state index contributed by atoms with van der Waals surface area (Å²) in [5.74, 6) is -1.95. The van der Waals surface area contributed by atoms with Crippen LogP contribution in [0.1, 0.15) is 11.7 Å². The summed E-state index contributed by atoms with van der Waals surface area (Å²) in [5.41, 5.74) is 0.829. The van der Waals surface area contributed by atoms with Gasteiger partial charge < -0.3 is 10.4 Å². The maximum absolute atomic E-state index is 13.1. The molecular formula is C14H11Cl2F2NO. The molecule has 2 rings (SSSR count). The van der Waals surface area contributed by atoms with Crippen LogP contribution in [0, 0.1) is 11.6 Å². The van der Waals surface area contributed by atoms with E-state index >= 15 is 0 Å². The van der Waals surface area contributed by atoms with E-state index in [4.69, 9.17) is 23.2 Å². The molecule has 1 atom stereocenters. The molecule has 0 aliphatic rings. The molecule has 2 aromatic carbocycles. The molecule has 0 spiro atoms. The van der Waals surface area contributed by atoms with Crippen LogP contribution in [0.25, 0.3) is 0 Å². The fourth-order valence-electron chi connectivity index (χ4n) is 1.68. The average molecular weight is 318 g/mol. The molecular weight excluding hydrogens is 307 g/mol. The highest BCUT2D eigenvalue weighted by atomic mass is 35.5. The molecule has 1 unspecified atom stereocenters. The number of aliphatic hydroxyl groups excluding tert-OH is 1. The maximum Gasteiger partial charge on any atom is 0.159 e. The zero-order chi connectivity index (χ0) is 14.7. The minimum atomic E-state index is -1.000. The first-order chi connectivity index (χ1) is 9.49. The smallest absolute Gasteiger partial charge is 0.159 e. The summed E-state index contributed by atoms with van der Waals surface area (Å²) in [6.07, 6.45) is -1.000. The monoisotopic (exact) mass is 317 g/mol. The Morgan fingerprint density at radius 2 is 1.85 bits per heavy atom. The second-order valence-electron chi connectivity index (χ2n) is 4.17. The molecule has 0 aliphatic carbocycles. The average Bonchev–Trinajstić information content (AvgIpc) is 2.43. The van der Waals surface area contributed by atoms with E-state index in [1.807, 2.05) is 0 Å². The molecule has 0 amide bonds. The number of hydrogen-bond acceptors (Lipinski definition) is 2. The predicted octanol–water partition coefficient (Wildman–Crippen LogP) is 4.42. The van der Waals surface area contributed by atoms with Crippen molar-refractivity contribution in [3.05, 3.63) is 63.6 Å². The molecule has 0 heterocycles. The lowest BCUT2D eigenvalue weighted by Gasteiger charge is -2.14. The second kappa shape index (κ2) is 6.39. The second-order valence-corrected chi connectivity index (χ2v) is 4.96. The van der Waals surface area contributed by atoms with Crippen LogP contribution in [0.15, 0.2) is 36.4 Å². The van der Waals surface area contributed by atoms with Crippen molar-refractivity contribution in [2.24, 2.45) is 0 Å². The first-order valence-electron chi connectivity index (χ1n) is 5.80. The van der Waals surface area contributed by atoms with E-state index in [1.54, 1.807) is 18.2 Å². The maximum atomic E-state index is 13.1. The molecule has 0 fully saturated rings. The molecule has 2 aromatic rings. The predicted molar refractivity (Wildman–Crippen MR) is 76.3 cm³/mol. The van der Waals surface area contributed by atoms with Gasteiger partial charge in [0.05, 0.1) is 21.8 Å². The minimum Gasteiger partial charge on any atom is -0.387 e. The van der Waals surface area contributed by atoms with Gasteiger partial charge >= 0.3 is 0 Å². The lowest BCUT2D eigenvalue weighted by Crippen LogP contribution is -2.12. The van der Waals surface area contributed by atoms with Crippen molar-refractivity contribution in [1.29, 1.82) is 0 Å². The van der Waals surface area contributed by atoms with Crippen LogP contribution >= 0.6 is 23.2 Å². The molecule has 0 radical (unpaired) electrons. The van der Waals surface area contributed by atoms with E-state index in [9.17, 15) is 13.9 Å². The van der Waals surface area contributed by atoms with Gasteiger partial charge in [0.25, 0.3) is 0 Å². The van der Waals surface area contributed by atoms with E-state index in [0.717, 1.165) is 12.1 Å². The standard InChI is InChI=1S/C14H11Cl2F2NO/c15-9-2-1-3-12(14(9)16)19-7-13(20)8-4-5-10(17)11(18)6-8/h1-6,13,19-20H,7H2. The molecule has 6 heteroatoms. The Hall–Kier alpha value is -1.36. The van der Waals surface area contributed by atoms with Crippen LogP contribution in [0.2, 0.25) is 10.0 Å². The number of anilines is 1. The van der Waals surface area contributed by atoms with Gasteiger partial charge in [0, 0.05) is 6.54 Å². The van der Waals surface area contributed by atoms with Crippen molar-refractivity contribution in [1.82, 2.24) is 0 Å². The highest BCUT2D eigenvalue weighted by Gasteiger charge is 2.12. The molecule has 0 saturated heterocycles. The number of aliphatic hydroxyl groups is 1. The number of halogens is 4. The van der Waals surface area contributed by atoms with Crippen LogP contribution in [-0.2, 0) is 0 Å². The van der Waals surface area contributed by atoms with Gasteiger partial charge in [0.1, 0.15) is 0 Å². The van der Waals surface area contributed by atoms with Gasteiger partial charge in [-0.15, -0.1) is 0 Å². The SMILES string of the molecule is OC(CNc1cccc(Cl)c1Cl)c1ccc(F)c(F)c1. The van der Waals surface area contributed by atoms with Crippen LogP contribution < -0.4 is 5.32 Å². The van der Waals surface area contributed by atoms with Gasteiger partial charge in [0.15, 0.2) is 11.6 Å². The van der Waals surface area contributed by atoms with Gasteiger partial charge in [-0.05, 0) is 29.8 Å². The molecule has 0 saturated carbocycles. The Bertz CT molecular complexity index is 622. The van der Waals surface area contributed by atoms with Crippen LogP contribution in [0.3, 0.4) is 0 Å². The van der Waals surface area contributed by atoms with E-state index in [0.29, 0.717) is 15.7 Å². The van der Waals surface area contributed by atoms with Crippen LogP contribution in [0.4, 0.5) is 14.5 Å². The Morgan fingerprint density at radius 3 is 2.55 bits per heavy atom. The molecule has 2 N–H and O–H groups in total. The van der Waals surface area contributed by atoms with E-state index < -0.39 is 17.7 Å². The largest absolute Gasteiger partial charge is 0.387 e. The highest BCUT2D eigenvalue weighted by Crippen LogP contribution is 2.30. The summed E-state index contributed by atoms with van der Waals surface area (Å²) >= 11 is 11.8. The molecule has 2 nitrogen and oxygen atoms in total. The van der Waals surface area contributed by atoms with Gasteiger partial charge in [-0.2, -0.15) is 0 Å². The fraction of sp³-hybridized carbons (Fsp3) is 0.143. The Kier molecular flexibility index (Phi) is 4.81. The number of rotatable bonds is 4. The summed E-state index contributed by atoms with van der Waals surface area (Å²) < 4.78 is 25.9. The molecule has 0 bridgehead atoms. The third-order valence-corrected chi connectivity index (χ3v) is 3.58. The zero-order valence-electron chi connectivity index (χ0n) is 10.2. The third kappa shape index (κ3) is 3.39. The summed E-state index contributed by atoms with van der Waals surface area (Å²) in [6, 6.07) is 8.30. The van der Waals surface area contributed by atoms with Gasteiger partial charge in [-0.25, -0.2) is 8.78 Å². The van der Waals surface area contributed by atoms with Crippen molar-refractivity contribution in [3.8, 4) is 0 Å². The Labute approximate surface area is 125 Å². The highest BCUT2D eigenvalue weighted by molar-refractivity contribution is 6.43. The van der Waals surface area contributed by atoms with E-state index in [1.165, 1.54) is 6.07 Å². The third-order valence-electron chi connectivity index (χ3n) is 2.77. The van der Waals surface area contributed by atoms with Crippen LogP contribution in [0.5, 0.6) is 0 Å². The van der Waals surface area contributed by atoms with Gasteiger partial charge in [-0.3, -0.25) is 0 Å². The first-order valence-corrected chi connectivity index (χ1v) is 6.55. The van der Waals surface area contributed by atoms with Gasteiger partial charge in [-0.1, -0.05) is 35.3 Å². The number of benzene rings is 2. The number of hydrogen-bond donors (Lipinski definition) is 2. The normalized spacial score (nSPS) is 12.2. The molecule has 106 valence electrons. The minimum absolute atomic E-state index is 0.0884. The van der Waals surface area contributed by atoms with E-state index in [-0.39, 0.29) is 12.1 Å². The van der Waals surface area contributed by atoms with Crippen molar-refractivity contribution in [2.45, 2.75) is 6.10 Å². The lowest BCUT2D eigenvalue weighted by atomic mass is 10.1. The molecule has 0 aromatic heterocycles. The Morgan fingerprint density at radius 1 is 1.10 bits per heavy atom. The summed E-state index contributed by atoms with van der Waals surface area (Å²) in [5, 5.41) is 13.6. The van der Waals surface area contributed by atoms with Crippen molar-refractivity contribution >= 4 is 28.9 Å². The van der Waals surface area contributed by atoms with Crippen molar-refractivity contribution in [2.75, 3.05) is 11.9 Å². The summed E-state index contributed by atoms with van der Waals surface area (Å²) in [4.78, 5) is 0. The fourth-order valence-corrected chi connectivity index (χ4v) is 2.05. The van der Waals surface area contributed by atoms with Crippen molar-refractivity contribution in [3.63, 3.8) is 0 Å². The first kappa shape index (κ1) is 15.0. The number of nitrogens with one attached hydrogen (secondary N) is 1. The zero-order valence-corrected chi connectivity index (χ0v) is 11.7. The van der Waals surface area contributed by atoms with E-state index in [2.05, 4.69) is 5.32 Å². The van der Waals surface area contributed by atoms with Crippen LogP contribution in [-0.4, -0.2) is 11.7 Å². The molecule has 0 aliphatic heterocycles. The summed E-state index contributed by atoms with van der Waals surface area (Å²) in [7, 11) is 0. The molecule has 20 heavy (non-hydrogen) atoms. The van der Waals surface area contributed by atoms with Crippen molar-refractivity contribution < 1.29 is 13.9 Å². The van der Waals surface area contributed by atoms with Gasteiger partial charge in [0.2, 0.25) is 0 Å². The topological polar surface area (TPSA) is 32.3 Å². The quantitative estimate of drug-likeness (QED) is 0.875. The Balaban J connectivity index is 2.06. The lowest BCUT2D eigenvalue weighted by molar-refractivity contribution is 0.191. The summed E-state index contributed by atoms with van der Waals surface area (Å²) in [6.45, 7) is 0.0884.